The first kappa shape index (κ1) is 20.7. The summed E-state index contributed by atoms with van der Waals surface area (Å²) in [5.74, 6) is 0.818. The van der Waals surface area contributed by atoms with Crippen LogP contribution >= 0.6 is 11.3 Å². The number of nitrogens with one attached hydrogen (secondary N) is 2. The molecule has 0 fully saturated rings. The number of carbonyl (C=O) groups excluding carboxylic acids is 2. The van der Waals surface area contributed by atoms with E-state index in [1.807, 2.05) is 24.4 Å². The summed E-state index contributed by atoms with van der Waals surface area (Å²) in [6.45, 7) is 3.25. The Morgan fingerprint density at radius 2 is 1.89 bits per heavy atom. The zero-order valence-corrected chi connectivity index (χ0v) is 16.6. The maximum Gasteiger partial charge on any atom is 0.238 e. The highest BCUT2D eigenvalue weighted by Crippen LogP contribution is 2.28. The maximum absolute atomic E-state index is 12.4. The Morgan fingerprint density at radius 3 is 2.52 bits per heavy atom. The fourth-order valence-electron chi connectivity index (χ4n) is 2.44. The largest absolute Gasteiger partial charge is 0.497 e. The number of amides is 2. The van der Waals surface area contributed by atoms with Crippen molar-refractivity contribution >= 4 is 28.8 Å². The first-order valence-electron chi connectivity index (χ1n) is 8.59. The molecule has 2 aromatic rings. The summed E-state index contributed by atoms with van der Waals surface area (Å²) in [7, 11) is 3.09. The number of ether oxygens (including phenoxy) is 2. The van der Waals surface area contributed by atoms with Gasteiger partial charge in [-0.05, 0) is 30.1 Å². The monoisotopic (exact) mass is 391 g/mol. The highest BCUT2D eigenvalue weighted by atomic mass is 32.1. The van der Waals surface area contributed by atoms with E-state index >= 15 is 0 Å². The lowest BCUT2D eigenvalue weighted by molar-refractivity contribution is -0.123. The van der Waals surface area contributed by atoms with Crippen molar-refractivity contribution in [2.45, 2.75) is 13.5 Å². The summed E-state index contributed by atoms with van der Waals surface area (Å²) >= 11 is 1.59. The number of benzene rings is 1. The minimum atomic E-state index is -0.227. The molecule has 0 unspecified atom stereocenters. The highest BCUT2D eigenvalue weighted by Gasteiger charge is 2.15. The van der Waals surface area contributed by atoms with Gasteiger partial charge in [-0.15, -0.1) is 11.3 Å². The van der Waals surface area contributed by atoms with Crippen molar-refractivity contribution in [1.82, 2.24) is 10.2 Å². The van der Waals surface area contributed by atoms with Crippen LogP contribution in [0.15, 0.2) is 35.7 Å². The number of thiophene rings is 1. The van der Waals surface area contributed by atoms with E-state index < -0.39 is 0 Å². The van der Waals surface area contributed by atoms with Gasteiger partial charge >= 0.3 is 0 Å². The summed E-state index contributed by atoms with van der Waals surface area (Å²) in [6.07, 6.45) is 0. The van der Waals surface area contributed by atoms with E-state index in [-0.39, 0.29) is 24.9 Å². The molecule has 0 atom stereocenters. The maximum atomic E-state index is 12.4. The molecule has 2 rings (SSSR count). The topological polar surface area (TPSA) is 79.9 Å². The molecule has 2 N–H and O–H groups in total. The standard InChI is InChI=1S/C19H25N3O4S/c1-4-22(12-18(23)20-11-15-6-5-9-27-15)13-19(24)21-16-10-14(25-2)7-8-17(16)26-3/h5-10H,4,11-13H2,1-3H3,(H,20,23)(H,21,24). The van der Waals surface area contributed by atoms with Crippen LogP contribution in [0, 0.1) is 0 Å². The highest BCUT2D eigenvalue weighted by molar-refractivity contribution is 7.09. The lowest BCUT2D eigenvalue weighted by Gasteiger charge is -2.20. The second-order valence-corrected chi connectivity index (χ2v) is 6.81. The number of anilines is 1. The van der Waals surface area contributed by atoms with Gasteiger partial charge in [0.25, 0.3) is 0 Å². The normalized spacial score (nSPS) is 10.5. The molecule has 146 valence electrons. The lowest BCUT2D eigenvalue weighted by atomic mass is 10.2. The Kier molecular flexibility index (Phi) is 8.09. The molecule has 1 aromatic heterocycles. The Hall–Kier alpha value is -2.58. The van der Waals surface area contributed by atoms with Crippen molar-refractivity contribution in [1.29, 1.82) is 0 Å². The molecule has 1 aromatic carbocycles. The summed E-state index contributed by atoms with van der Waals surface area (Å²) in [6, 6.07) is 9.09. The smallest absolute Gasteiger partial charge is 0.238 e. The summed E-state index contributed by atoms with van der Waals surface area (Å²) in [5, 5.41) is 7.65. The van der Waals surface area contributed by atoms with Crippen molar-refractivity contribution in [3.8, 4) is 11.5 Å². The molecule has 0 aliphatic rings. The second-order valence-electron chi connectivity index (χ2n) is 5.77. The molecular weight excluding hydrogens is 366 g/mol. The van der Waals surface area contributed by atoms with Gasteiger partial charge in [-0.2, -0.15) is 0 Å². The fraction of sp³-hybridized carbons (Fsp3) is 0.368. The van der Waals surface area contributed by atoms with Crippen molar-refractivity contribution in [3.05, 3.63) is 40.6 Å². The average molecular weight is 391 g/mol. The molecule has 8 heteroatoms. The third kappa shape index (κ3) is 6.58. The second kappa shape index (κ2) is 10.5. The SMILES string of the molecule is CCN(CC(=O)NCc1cccs1)CC(=O)Nc1cc(OC)ccc1OC. The van der Waals surface area contributed by atoms with Gasteiger partial charge in [0.2, 0.25) is 11.8 Å². The Morgan fingerprint density at radius 1 is 1.11 bits per heavy atom. The van der Waals surface area contributed by atoms with Crippen molar-refractivity contribution in [2.24, 2.45) is 0 Å². The van der Waals surface area contributed by atoms with Crippen LogP contribution in [-0.4, -0.2) is 50.6 Å². The molecule has 27 heavy (non-hydrogen) atoms. The third-order valence-electron chi connectivity index (χ3n) is 3.90. The van der Waals surface area contributed by atoms with Gasteiger partial charge in [0.15, 0.2) is 0 Å². The summed E-state index contributed by atoms with van der Waals surface area (Å²) in [4.78, 5) is 27.4. The van der Waals surface area contributed by atoms with E-state index in [4.69, 9.17) is 9.47 Å². The van der Waals surface area contributed by atoms with Crippen molar-refractivity contribution in [2.75, 3.05) is 39.2 Å². The Bertz CT molecular complexity index is 749. The van der Waals surface area contributed by atoms with Crippen LogP contribution in [0.5, 0.6) is 11.5 Å². The molecule has 2 amide bonds. The van der Waals surface area contributed by atoms with Crippen molar-refractivity contribution in [3.63, 3.8) is 0 Å². The molecule has 0 saturated heterocycles. The summed E-state index contributed by atoms with van der Waals surface area (Å²) < 4.78 is 10.4. The molecule has 0 aliphatic carbocycles. The van der Waals surface area contributed by atoms with E-state index in [2.05, 4.69) is 10.6 Å². The quantitative estimate of drug-likeness (QED) is 0.650. The molecule has 7 nitrogen and oxygen atoms in total. The van der Waals surface area contributed by atoms with Gasteiger partial charge in [0.1, 0.15) is 11.5 Å². The van der Waals surface area contributed by atoms with Crippen LogP contribution in [-0.2, 0) is 16.1 Å². The number of carbonyl (C=O) groups is 2. The van der Waals surface area contributed by atoms with E-state index in [0.29, 0.717) is 30.3 Å². The Labute approximate surface area is 163 Å². The van der Waals surface area contributed by atoms with Crippen LogP contribution in [0.2, 0.25) is 0 Å². The van der Waals surface area contributed by atoms with Gasteiger partial charge in [-0.3, -0.25) is 14.5 Å². The fourth-order valence-corrected chi connectivity index (χ4v) is 3.09. The van der Waals surface area contributed by atoms with E-state index in [1.54, 1.807) is 41.5 Å². The Balaban J connectivity index is 1.87. The van der Waals surface area contributed by atoms with Gasteiger partial charge in [0.05, 0.1) is 39.5 Å². The number of hydrogen-bond donors (Lipinski definition) is 2. The molecule has 1 heterocycles. The van der Waals surface area contributed by atoms with Crippen LogP contribution in [0.1, 0.15) is 11.8 Å². The van der Waals surface area contributed by atoms with E-state index in [0.717, 1.165) is 4.88 Å². The predicted molar refractivity (Wildman–Crippen MR) is 106 cm³/mol. The molecule has 0 aliphatic heterocycles. The van der Waals surface area contributed by atoms with E-state index in [9.17, 15) is 9.59 Å². The number of likely N-dealkylation sites (N-methyl/N-ethyl adjacent to an activating group) is 1. The molecule has 0 saturated carbocycles. The van der Waals surface area contributed by atoms with Crippen LogP contribution in [0.3, 0.4) is 0 Å². The van der Waals surface area contributed by atoms with Gasteiger partial charge in [-0.25, -0.2) is 0 Å². The van der Waals surface area contributed by atoms with Gasteiger partial charge < -0.3 is 20.1 Å². The minimum Gasteiger partial charge on any atom is -0.497 e. The van der Waals surface area contributed by atoms with Gasteiger partial charge in [0, 0.05) is 10.9 Å². The van der Waals surface area contributed by atoms with Crippen LogP contribution in [0.25, 0.3) is 0 Å². The lowest BCUT2D eigenvalue weighted by Crippen LogP contribution is -2.40. The number of nitrogens with zero attached hydrogens (tertiary/aromatic N) is 1. The number of methoxy groups -OCH3 is 2. The first-order valence-corrected chi connectivity index (χ1v) is 9.47. The first-order chi connectivity index (χ1) is 13.0. The van der Waals surface area contributed by atoms with Crippen LogP contribution < -0.4 is 20.1 Å². The van der Waals surface area contributed by atoms with E-state index in [1.165, 1.54) is 7.11 Å². The third-order valence-corrected chi connectivity index (χ3v) is 4.78. The number of hydrogen-bond acceptors (Lipinski definition) is 6. The molecule has 0 bridgehead atoms. The van der Waals surface area contributed by atoms with Gasteiger partial charge in [-0.1, -0.05) is 13.0 Å². The molecular formula is C19H25N3O4S. The molecule has 0 spiro atoms. The molecule has 0 radical (unpaired) electrons. The zero-order valence-electron chi connectivity index (χ0n) is 15.8. The zero-order chi connectivity index (χ0) is 19.6. The number of rotatable bonds is 10. The predicted octanol–water partition coefficient (Wildman–Crippen LogP) is 2.34. The minimum absolute atomic E-state index is 0.100. The van der Waals surface area contributed by atoms with Crippen LogP contribution in [0.4, 0.5) is 5.69 Å². The average Bonchev–Trinajstić information content (AvgIpc) is 3.19. The summed E-state index contributed by atoms with van der Waals surface area (Å²) in [5.41, 5.74) is 0.528. The van der Waals surface area contributed by atoms with Crippen molar-refractivity contribution < 1.29 is 19.1 Å².